The maximum Gasteiger partial charge on any atom is 0.326 e. The van der Waals surface area contributed by atoms with E-state index < -0.39 is 23.5 Å². The summed E-state index contributed by atoms with van der Waals surface area (Å²) in [5.41, 5.74) is -0.537. The second-order valence-electron chi connectivity index (χ2n) is 6.49. The maximum atomic E-state index is 11.9. The molecule has 1 rings (SSSR count). The van der Waals surface area contributed by atoms with Gasteiger partial charge in [0.2, 0.25) is 0 Å². The first kappa shape index (κ1) is 16.8. The van der Waals surface area contributed by atoms with Gasteiger partial charge in [-0.3, -0.25) is 0 Å². The Labute approximate surface area is 120 Å². The number of carboxylic acid groups (broad SMARTS) is 1. The fourth-order valence-corrected chi connectivity index (χ4v) is 2.36. The van der Waals surface area contributed by atoms with Crippen molar-refractivity contribution in [1.82, 2.24) is 10.6 Å². The van der Waals surface area contributed by atoms with Crippen LogP contribution >= 0.6 is 0 Å². The third kappa shape index (κ3) is 5.00. The zero-order valence-electron chi connectivity index (χ0n) is 12.7. The van der Waals surface area contributed by atoms with Crippen molar-refractivity contribution in [2.24, 2.45) is 11.3 Å². The number of ether oxygens (including phenoxy) is 1. The predicted octanol–water partition coefficient (Wildman–Crippen LogP) is 1.60. The Morgan fingerprint density at radius 2 is 1.75 bits per heavy atom. The molecule has 1 heterocycles. The van der Waals surface area contributed by atoms with Crippen molar-refractivity contribution in [3.63, 3.8) is 0 Å². The van der Waals surface area contributed by atoms with Crippen LogP contribution in [0, 0.1) is 11.3 Å². The van der Waals surface area contributed by atoms with Gasteiger partial charge in [0, 0.05) is 19.3 Å². The summed E-state index contributed by atoms with van der Waals surface area (Å²) < 4.78 is 5.29. The molecule has 0 aromatic carbocycles. The summed E-state index contributed by atoms with van der Waals surface area (Å²) in [7, 11) is 0. The van der Waals surface area contributed by atoms with Gasteiger partial charge in [0.05, 0.1) is 0 Å². The van der Waals surface area contributed by atoms with Gasteiger partial charge >= 0.3 is 12.0 Å². The number of aliphatic carboxylic acids is 1. The van der Waals surface area contributed by atoms with Gasteiger partial charge in [0.1, 0.15) is 6.04 Å². The fourth-order valence-electron chi connectivity index (χ4n) is 2.36. The van der Waals surface area contributed by atoms with Gasteiger partial charge in [-0.25, -0.2) is 9.59 Å². The Hall–Kier alpha value is -1.30. The Balaban J connectivity index is 2.50. The van der Waals surface area contributed by atoms with Crippen molar-refractivity contribution in [2.75, 3.05) is 13.2 Å². The summed E-state index contributed by atoms with van der Waals surface area (Å²) in [4.78, 5) is 23.2. The maximum absolute atomic E-state index is 11.9. The van der Waals surface area contributed by atoms with E-state index in [4.69, 9.17) is 4.74 Å². The van der Waals surface area contributed by atoms with Gasteiger partial charge in [0.15, 0.2) is 0 Å². The first-order valence-corrected chi connectivity index (χ1v) is 7.09. The molecule has 0 aromatic rings. The van der Waals surface area contributed by atoms with E-state index >= 15 is 0 Å². The van der Waals surface area contributed by atoms with Crippen molar-refractivity contribution in [3.05, 3.63) is 0 Å². The van der Waals surface area contributed by atoms with Crippen LogP contribution in [0.1, 0.15) is 40.5 Å². The van der Waals surface area contributed by atoms with Gasteiger partial charge in [-0.05, 0) is 31.1 Å². The largest absolute Gasteiger partial charge is 0.480 e. The lowest BCUT2D eigenvalue weighted by Crippen LogP contribution is -2.54. The van der Waals surface area contributed by atoms with E-state index in [0.717, 1.165) is 26.1 Å². The zero-order valence-corrected chi connectivity index (χ0v) is 12.7. The lowest BCUT2D eigenvalue weighted by molar-refractivity contribution is -0.141. The standard InChI is InChI=1S/C14H26N2O4/c1-9(10-5-7-20-8-6-10)15-13(19)16-11(12(17)18)14(2,3)4/h9-11H,5-8H2,1-4H3,(H,17,18)(H2,15,16,19)/t9?,11-/m0/s1. The number of hydrogen-bond donors (Lipinski definition) is 3. The molecule has 1 fully saturated rings. The summed E-state index contributed by atoms with van der Waals surface area (Å²) in [5, 5.41) is 14.6. The topological polar surface area (TPSA) is 87.7 Å². The highest BCUT2D eigenvalue weighted by atomic mass is 16.5. The van der Waals surface area contributed by atoms with Crippen LogP contribution in [0.3, 0.4) is 0 Å². The van der Waals surface area contributed by atoms with Crippen molar-refractivity contribution in [2.45, 2.75) is 52.6 Å². The summed E-state index contributed by atoms with van der Waals surface area (Å²) in [5.74, 6) is -0.640. The van der Waals surface area contributed by atoms with Crippen molar-refractivity contribution in [1.29, 1.82) is 0 Å². The molecule has 2 atom stereocenters. The first-order valence-electron chi connectivity index (χ1n) is 7.09. The molecule has 0 saturated carbocycles. The second kappa shape index (κ2) is 6.92. The summed E-state index contributed by atoms with van der Waals surface area (Å²) in [6.07, 6.45) is 1.84. The van der Waals surface area contributed by atoms with Crippen LogP contribution in [-0.4, -0.2) is 42.4 Å². The van der Waals surface area contributed by atoms with Crippen LogP contribution in [0.5, 0.6) is 0 Å². The van der Waals surface area contributed by atoms with E-state index in [2.05, 4.69) is 10.6 Å². The predicted molar refractivity (Wildman–Crippen MR) is 75.6 cm³/mol. The summed E-state index contributed by atoms with van der Waals surface area (Å²) in [6.45, 7) is 8.74. The second-order valence-corrected chi connectivity index (χ2v) is 6.49. The Morgan fingerprint density at radius 1 is 1.20 bits per heavy atom. The van der Waals surface area contributed by atoms with Gasteiger partial charge in [-0.15, -0.1) is 0 Å². The van der Waals surface area contributed by atoms with Crippen molar-refractivity contribution >= 4 is 12.0 Å². The Bertz CT molecular complexity index is 346. The molecule has 1 saturated heterocycles. The summed E-state index contributed by atoms with van der Waals surface area (Å²) in [6, 6.07) is -1.33. The average molecular weight is 286 g/mol. The Morgan fingerprint density at radius 3 is 2.20 bits per heavy atom. The molecule has 2 amide bonds. The number of amides is 2. The van der Waals surface area contributed by atoms with Crippen molar-refractivity contribution < 1.29 is 19.4 Å². The number of nitrogens with one attached hydrogen (secondary N) is 2. The van der Waals surface area contributed by atoms with Crippen LogP contribution in [0.4, 0.5) is 4.79 Å². The number of carboxylic acids is 1. The van der Waals surface area contributed by atoms with E-state index in [1.165, 1.54) is 0 Å². The number of urea groups is 1. The molecule has 20 heavy (non-hydrogen) atoms. The van der Waals surface area contributed by atoms with E-state index in [0.29, 0.717) is 5.92 Å². The van der Waals surface area contributed by atoms with E-state index in [1.54, 1.807) is 20.8 Å². The van der Waals surface area contributed by atoms with Gasteiger partial charge in [-0.1, -0.05) is 20.8 Å². The van der Waals surface area contributed by atoms with Crippen LogP contribution in [0.15, 0.2) is 0 Å². The first-order chi connectivity index (χ1) is 9.21. The number of carbonyl (C=O) groups excluding carboxylic acids is 1. The number of carbonyl (C=O) groups is 2. The molecular weight excluding hydrogens is 260 g/mol. The molecule has 0 bridgehead atoms. The molecule has 6 nitrogen and oxygen atoms in total. The highest BCUT2D eigenvalue weighted by molar-refractivity contribution is 5.83. The van der Waals surface area contributed by atoms with Crippen LogP contribution in [-0.2, 0) is 9.53 Å². The smallest absolute Gasteiger partial charge is 0.326 e. The fraction of sp³-hybridized carbons (Fsp3) is 0.857. The number of rotatable bonds is 4. The molecule has 0 radical (unpaired) electrons. The molecule has 0 aromatic heterocycles. The third-order valence-corrected chi connectivity index (χ3v) is 3.72. The van der Waals surface area contributed by atoms with Gasteiger partial charge < -0.3 is 20.5 Å². The third-order valence-electron chi connectivity index (χ3n) is 3.72. The monoisotopic (exact) mass is 286 g/mol. The lowest BCUT2D eigenvalue weighted by Gasteiger charge is -2.31. The SMILES string of the molecule is CC(NC(=O)N[C@@H](C(=O)O)C(C)(C)C)C1CCOCC1. The molecule has 0 aliphatic carbocycles. The minimum atomic E-state index is -1.02. The van der Waals surface area contributed by atoms with Crippen molar-refractivity contribution in [3.8, 4) is 0 Å². The van der Waals surface area contributed by atoms with Gasteiger partial charge in [0.25, 0.3) is 0 Å². The average Bonchev–Trinajstić information content (AvgIpc) is 2.35. The summed E-state index contributed by atoms with van der Waals surface area (Å²) >= 11 is 0. The minimum absolute atomic E-state index is 0.00770. The van der Waals surface area contributed by atoms with E-state index in [9.17, 15) is 14.7 Å². The minimum Gasteiger partial charge on any atom is -0.480 e. The molecule has 116 valence electrons. The Kier molecular flexibility index (Phi) is 5.80. The van der Waals surface area contributed by atoms with Crippen LogP contribution in [0.25, 0.3) is 0 Å². The molecule has 1 unspecified atom stereocenters. The molecule has 1 aliphatic heterocycles. The van der Waals surface area contributed by atoms with E-state index in [1.807, 2.05) is 6.92 Å². The van der Waals surface area contributed by atoms with Crippen LogP contribution in [0.2, 0.25) is 0 Å². The highest BCUT2D eigenvalue weighted by Gasteiger charge is 2.33. The normalized spacial score (nSPS) is 20.0. The zero-order chi connectivity index (χ0) is 15.3. The quantitative estimate of drug-likeness (QED) is 0.732. The van der Waals surface area contributed by atoms with E-state index in [-0.39, 0.29) is 6.04 Å². The lowest BCUT2D eigenvalue weighted by atomic mass is 9.87. The van der Waals surface area contributed by atoms with Gasteiger partial charge in [-0.2, -0.15) is 0 Å². The molecule has 1 aliphatic rings. The molecule has 6 heteroatoms. The highest BCUT2D eigenvalue weighted by Crippen LogP contribution is 2.20. The molecule has 3 N–H and O–H groups in total. The number of hydrogen-bond acceptors (Lipinski definition) is 3. The van der Waals surface area contributed by atoms with Crippen LogP contribution < -0.4 is 10.6 Å². The molecular formula is C14H26N2O4. The molecule has 0 spiro atoms.